The van der Waals surface area contributed by atoms with E-state index in [9.17, 15) is 9.18 Å². The molecule has 1 saturated carbocycles. The molecule has 1 amide bonds. The third-order valence-corrected chi connectivity index (χ3v) is 3.74. The number of hydrogen-bond acceptors (Lipinski definition) is 4. The van der Waals surface area contributed by atoms with Gasteiger partial charge in [0.05, 0.1) is 7.11 Å². The van der Waals surface area contributed by atoms with Crippen LogP contribution in [0.4, 0.5) is 4.39 Å². The molecular formula is C14H18FN3O3. The fourth-order valence-corrected chi connectivity index (χ4v) is 2.61. The summed E-state index contributed by atoms with van der Waals surface area (Å²) in [5.74, 6) is -0.904. The minimum Gasteiger partial charge on any atom is -0.494 e. The van der Waals surface area contributed by atoms with Gasteiger partial charge in [-0.1, -0.05) is 11.6 Å². The lowest BCUT2D eigenvalue weighted by atomic mass is 10.0. The van der Waals surface area contributed by atoms with Crippen molar-refractivity contribution in [1.82, 2.24) is 5.32 Å². The van der Waals surface area contributed by atoms with E-state index in [0.29, 0.717) is 5.56 Å². The molecule has 0 heterocycles. The fourth-order valence-electron chi connectivity index (χ4n) is 2.61. The van der Waals surface area contributed by atoms with Gasteiger partial charge in [-0.3, -0.25) is 4.79 Å². The van der Waals surface area contributed by atoms with Gasteiger partial charge in [0.2, 0.25) is 0 Å². The zero-order valence-electron chi connectivity index (χ0n) is 11.7. The number of ether oxygens (including phenoxy) is 1. The van der Waals surface area contributed by atoms with Crippen molar-refractivity contribution in [2.75, 3.05) is 7.11 Å². The lowest BCUT2D eigenvalue weighted by Gasteiger charge is -2.20. The van der Waals surface area contributed by atoms with Gasteiger partial charge in [-0.05, 0) is 31.0 Å². The van der Waals surface area contributed by atoms with Crippen molar-refractivity contribution >= 4 is 11.7 Å². The first-order chi connectivity index (χ1) is 10.1. The molecule has 114 valence electrons. The first kappa shape index (κ1) is 15.1. The molecule has 0 radical (unpaired) electrons. The van der Waals surface area contributed by atoms with Gasteiger partial charge in [0, 0.05) is 17.5 Å². The Morgan fingerprint density at radius 1 is 1.52 bits per heavy atom. The molecule has 21 heavy (non-hydrogen) atoms. The number of carbonyl (C=O) groups is 1. The van der Waals surface area contributed by atoms with Crippen molar-refractivity contribution in [1.29, 1.82) is 0 Å². The van der Waals surface area contributed by atoms with E-state index in [0.717, 1.165) is 19.3 Å². The van der Waals surface area contributed by atoms with Crippen molar-refractivity contribution in [3.8, 4) is 5.75 Å². The molecular weight excluding hydrogens is 277 g/mol. The van der Waals surface area contributed by atoms with Crippen molar-refractivity contribution in [2.24, 2.45) is 16.8 Å². The summed E-state index contributed by atoms with van der Waals surface area (Å²) in [5, 5.41) is 14.6. The zero-order chi connectivity index (χ0) is 15.4. The molecule has 2 rings (SSSR count). The average Bonchev–Trinajstić information content (AvgIpc) is 2.94. The number of nitrogens with two attached hydrogens (primary N) is 1. The Bertz CT molecular complexity index is 562. The zero-order valence-corrected chi connectivity index (χ0v) is 11.7. The van der Waals surface area contributed by atoms with E-state index in [1.165, 1.54) is 25.3 Å². The van der Waals surface area contributed by atoms with Gasteiger partial charge < -0.3 is 21.0 Å². The number of oxime groups is 1. The van der Waals surface area contributed by atoms with Crippen LogP contribution in [0.5, 0.6) is 5.75 Å². The minimum atomic E-state index is -0.524. The molecule has 0 bridgehead atoms. The SMILES string of the molecule is COc1cc(C(=O)NC2CCCC2/C(N)=N/O)ccc1F. The van der Waals surface area contributed by atoms with Crippen LogP contribution in [0, 0.1) is 11.7 Å². The maximum Gasteiger partial charge on any atom is 0.251 e. The second-order valence-corrected chi connectivity index (χ2v) is 4.99. The number of carbonyl (C=O) groups excluding carboxylic acids is 1. The van der Waals surface area contributed by atoms with Gasteiger partial charge in [0.15, 0.2) is 11.6 Å². The van der Waals surface area contributed by atoms with Crippen molar-refractivity contribution in [3.63, 3.8) is 0 Å². The Morgan fingerprint density at radius 3 is 2.95 bits per heavy atom. The van der Waals surface area contributed by atoms with Gasteiger partial charge in [-0.2, -0.15) is 0 Å². The molecule has 1 aromatic carbocycles. The lowest BCUT2D eigenvalue weighted by Crippen LogP contribution is -2.42. The van der Waals surface area contributed by atoms with Crippen LogP contribution in [0.15, 0.2) is 23.4 Å². The molecule has 1 aromatic rings. The monoisotopic (exact) mass is 295 g/mol. The van der Waals surface area contributed by atoms with E-state index >= 15 is 0 Å². The average molecular weight is 295 g/mol. The van der Waals surface area contributed by atoms with Crippen LogP contribution in [0.1, 0.15) is 29.6 Å². The number of benzene rings is 1. The van der Waals surface area contributed by atoms with Crippen LogP contribution in [0.25, 0.3) is 0 Å². The Labute approximate surface area is 121 Å². The lowest BCUT2D eigenvalue weighted by molar-refractivity contribution is 0.0933. The first-order valence-electron chi connectivity index (χ1n) is 6.68. The van der Waals surface area contributed by atoms with Gasteiger partial charge >= 0.3 is 0 Å². The third kappa shape index (κ3) is 3.24. The Hall–Kier alpha value is -2.31. The van der Waals surface area contributed by atoms with Gasteiger partial charge in [0.1, 0.15) is 5.84 Å². The highest BCUT2D eigenvalue weighted by Crippen LogP contribution is 2.26. The quantitative estimate of drug-likeness (QED) is 0.339. The summed E-state index contributed by atoms with van der Waals surface area (Å²) in [6.07, 6.45) is 2.40. The van der Waals surface area contributed by atoms with E-state index in [2.05, 4.69) is 10.5 Å². The number of nitrogens with zero attached hydrogens (tertiary/aromatic N) is 1. The summed E-state index contributed by atoms with van der Waals surface area (Å²) in [4.78, 5) is 12.2. The second kappa shape index (κ2) is 6.43. The molecule has 6 nitrogen and oxygen atoms in total. The number of rotatable bonds is 4. The highest BCUT2D eigenvalue weighted by molar-refractivity contribution is 5.95. The Balaban J connectivity index is 2.11. The standard InChI is InChI=1S/C14H18FN3O3/c1-21-12-7-8(5-6-10(12)15)14(19)17-11-4-2-3-9(11)13(16)18-20/h5-7,9,11,20H,2-4H2,1H3,(H2,16,18)(H,17,19). The summed E-state index contributed by atoms with van der Waals surface area (Å²) in [7, 11) is 1.34. The molecule has 1 aliphatic carbocycles. The number of halogens is 1. The number of amides is 1. The van der Waals surface area contributed by atoms with Crippen molar-refractivity contribution in [3.05, 3.63) is 29.6 Å². The minimum absolute atomic E-state index is 0.0158. The molecule has 1 aliphatic rings. The molecule has 2 atom stereocenters. The van der Waals surface area contributed by atoms with Crippen LogP contribution >= 0.6 is 0 Å². The predicted molar refractivity (Wildman–Crippen MR) is 75.0 cm³/mol. The van der Waals surface area contributed by atoms with E-state index in [4.69, 9.17) is 15.7 Å². The summed E-state index contributed by atoms with van der Waals surface area (Å²) in [6, 6.07) is 3.73. The summed E-state index contributed by atoms with van der Waals surface area (Å²) < 4.78 is 18.2. The molecule has 0 aliphatic heterocycles. The molecule has 4 N–H and O–H groups in total. The van der Waals surface area contributed by atoms with Crippen LogP contribution < -0.4 is 15.8 Å². The second-order valence-electron chi connectivity index (χ2n) is 4.99. The van der Waals surface area contributed by atoms with Crippen LogP contribution in [-0.2, 0) is 0 Å². The van der Waals surface area contributed by atoms with Gasteiger partial charge in [-0.15, -0.1) is 0 Å². The maximum absolute atomic E-state index is 13.3. The van der Waals surface area contributed by atoms with Crippen LogP contribution in [0.3, 0.4) is 0 Å². The van der Waals surface area contributed by atoms with E-state index in [1.54, 1.807) is 0 Å². The van der Waals surface area contributed by atoms with Gasteiger partial charge in [-0.25, -0.2) is 4.39 Å². The largest absolute Gasteiger partial charge is 0.494 e. The van der Waals surface area contributed by atoms with E-state index in [-0.39, 0.29) is 29.5 Å². The highest BCUT2D eigenvalue weighted by Gasteiger charge is 2.32. The number of amidine groups is 1. The van der Waals surface area contributed by atoms with E-state index in [1.807, 2.05) is 0 Å². The number of hydrogen-bond donors (Lipinski definition) is 3. The van der Waals surface area contributed by atoms with E-state index < -0.39 is 5.82 Å². The van der Waals surface area contributed by atoms with Crippen LogP contribution in [-0.4, -0.2) is 30.1 Å². The third-order valence-electron chi connectivity index (χ3n) is 3.74. The molecule has 0 aromatic heterocycles. The predicted octanol–water partition coefficient (Wildman–Crippen LogP) is 1.48. The smallest absolute Gasteiger partial charge is 0.251 e. The molecule has 2 unspecified atom stereocenters. The number of methoxy groups -OCH3 is 1. The molecule has 0 saturated heterocycles. The number of nitrogens with one attached hydrogen (secondary N) is 1. The topological polar surface area (TPSA) is 96.9 Å². The molecule has 0 spiro atoms. The summed E-state index contributed by atoms with van der Waals surface area (Å²) >= 11 is 0. The molecule has 7 heteroatoms. The maximum atomic E-state index is 13.3. The Kier molecular flexibility index (Phi) is 4.62. The normalized spacial score (nSPS) is 22.1. The van der Waals surface area contributed by atoms with Crippen molar-refractivity contribution in [2.45, 2.75) is 25.3 Å². The van der Waals surface area contributed by atoms with Crippen LogP contribution in [0.2, 0.25) is 0 Å². The van der Waals surface area contributed by atoms with Crippen molar-refractivity contribution < 1.29 is 19.1 Å². The fraction of sp³-hybridized carbons (Fsp3) is 0.429. The first-order valence-corrected chi connectivity index (χ1v) is 6.68. The highest BCUT2D eigenvalue weighted by atomic mass is 19.1. The summed E-state index contributed by atoms with van der Waals surface area (Å²) in [6.45, 7) is 0. The van der Waals surface area contributed by atoms with Gasteiger partial charge in [0.25, 0.3) is 5.91 Å². The summed E-state index contributed by atoms with van der Waals surface area (Å²) in [5.41, 5.74) is 5.93. The molecule has 1 fully saturated rings. The Morgan fingerprint density at radius 2 is 2.29 bits per heavy atom.